The Bertz CT molecular complexity index is 1740. The minimum absolute atomic E-state index is 0.224. The summed E-state index contributed by atoms with van der Waals surface area (Å²) in [6.07, 6.45) is 3.41. The van der Waals surface area contributed by atoms with Gasteiger partial charge >= 0.3 is 0 Å². The van der Waals surface area contributed by atoms with Crippen LogP contribution in [0.25, 0.3) is 0 Å². The molecule has 4 aromatic rings. The van der Waals surface area contributed by atoms with Gasteiger partial charge < -0.3 is 19.7 Å². The maximum atomic E-state index is 14.4. The molecule has 1 aromatic heterocycles. The second kappa shape index (κ2) is 14.0. The van der Waals surface area contributed by atoms with Crippen molar-refractivity contribution in [2.75, 3.05) is 51.8 Å². The molecule has 10 heteroatoms. The van der Waals surface area contributed by atoms with Crippen LogP contribution in [0.1, 0.15) is 67.6 Å². The van der Waals surface area contributed by atoms with Gasteiger partial charge in [0.05, 0.1) is 37.1 Å². The molecule has 0 spiro atoms. The molecule has 47 heavy (non-hydrogen) atoms. The molecular formula is C37H39N5O5. The second-order valence-corrected chi connectivity index (χ2v) is 11.7. The van der Waals surface area contributed by atoms with Gasteiger partial charge in [0, 0.05) is 56.7 Å². The van der Waals surface area contributed by atoms with Gasteiger partial charge in [-0.3, -0.25) is 29.2 Å². The lowest BCUT2D eigenvalue weighted by atomic mass is 10.0. The molecule has 0 unspecified atom stereocenters. The van der Waals surface area contributed by atoms with Crippen molar-refractivity contribution in [3.05, 3.63) is 119 Å². The summed E-state index contributed by atoms with van der Waals surface area (Å²) in [6, 6.07) is 24.2. The highest BCUT2D eigenvalue weighted by Crippen LogP contribution is 2.40. The molecular weight excluding hydrogens is 594 g/mol. The number of carbonyl (C=O) groups excluding carboxylic acids is 3. The zero-order chi connectivity index (χ0) is 32.9. The molecule has 3 heterocycles. The smallest absolute Gasteiger partial charge is 0.264 e. The van der Waals surface area contributed by atoms with Gasteiger partial charge in [-0.25, -0.2) is 0 Å². The summed E-state index contributed by atoms with van der Waals surface area (Å²) in [6.45, 7) is 5.57. The summed E-state index contributed by atoms with van der Waals surface area (Å²) in [5, 5.41) is 2.93. The Labute approximate surface area is 274 Å². The van der Waals surface area contributed by atoms with Gasteiger partial charge in [-0.1, -0.05) is 42.5 Å². The van der Waals surface area contributed by atoms with Crippen molar-refractivity contribution in [2.24, 2.45) is 0 Å². The first-order valence-corrected chi connectivity index (χ1v) is 15.9. The van der Waals surface area contributed by atoms with Crippen molar-refractivity contribution < 1.29 is 23.9 Å². The van der Waals surface area contributed by atoms with Gasteiger partial charge in [0.15, 0.2) is 11.5 Å². The van der Waals surface area contributed by atoms with E-state index in [0.717, 1.165) is 31.9 Å². The fourth-order valence-corrected chi connectivity index (χ4v) is 6.56. The van der Waals surface area contributed by atoms with Crippen molar-refractivity contribution in [1.29, 1.82) is 0 Å². The van der Waals surface area contributed by atoms with E-state index < -0.39 is 6.04 Å². The van der Waals surface area contributed by atoms with Crippen molar-refractivity contribution in [1.82, 2.24) is 20.1 Å². The van der Waals surface area contributed by atoms with Crippen LogP contribution in [0.4, 0.5) is 5.69 Å². The lowest BCUT2D eigenvalue weighted by Crippen LogP contribution is -2.47. The number of nitrogens with one attached hydrogen (secondary N) is 1. The number of anilines is 1. The molecule has 3 amide bonds. The van der Waals surface area contributed by atoms with E-state index in [1.807, 2.05) is 24.3 Å². The molecule has 0 bridgehead atoms. The fourth-order valence-electron chi connectivity index (χ4n) is 6.56. The Balaban J connectivity index is 1.25. The number of aromatic nitrogens is 1. The molecule has 2 atom stereocenters. The predicted octanol–water partition coefficient (Wildman–Crippen LogP) is 5.14. The number of piperazine rings is 1. The van der Waals surface area contributed by atoms with E-state index >= 15 is 0 Å². The molecule has 242 valence electrons. The Kier molecular flexibility index (Phi) is 9.49. The molecule has 2 aliphatic rings. The van der Waals surface area contributed by atoms with Crippen molar-refractivity contribution >= 4 is 23.4 Å². The zero-order valence-electron chi connectivity index (χ0n) is 26.9. The van der Waals surface area contributed by atoms with E-state index in [1.54, 1.807) is 56.9 Å². The van der Waals surface area contributed by atoms with Crippen LogP contribution in [0.5, 0.6) is 11.5 Å². The van der Waals surface area contributed by atoms with E-state index in [2.05, 4.69) is 51.3 Å². The predicted molar refractivity (Wildman–Crippen MR) is 179 cm³/mol. The van der Waals surface area contributed by atoms with Gasteiger partial charge in [-0.2, -0.15) is 0 Å². The van der Waals surface area contributed by atoms with Gasteiger partial charge in [0.25, 0.3) is 17.7 Å². The quantitative estimate of drug-likeness (QED) is 0.227. The number of methoxy groups -OCH3 is 2. The van der Waals surface area contributed by atoms with Crippen LogP contribution in [0, 0.1) is 0 Å². The maximum Gasteiger partial charge on any atom is 0.264 e. The fraction of sp³-hybridized carbons (Fsp3) is 0.297. The van der Waals surface area contributed by atoms with Crippen LogP contribution in [0.15, 0.2) is 91.3 Å². The van der Waals surface area contributed by atoms with Crippen molar-refractivity contribution in [3.8, 4) is 11.5 Å². The minimum atomic E-state index is -0.670. The van der Waals surface area contributed by atoms with E-state index in [9.17, 15) is 14.4 Å². The van der Waals surface area contributed by atoms with Crippen LogP contribution in [-0.2, 0) is 0 Å². The van der Waals surface area contributed by atoms with Crippen LogP contribution in [0.3, 0.4) is 0 Å². The van der Waals surface area contributed by atoms with Crippen LogP contribution < -0.4 is 19.7 Å². The van der Waals surface area contributed by atoms with Gasteiger partial charge in [-0.05, 0) is 60.9 Å². The van der Waals surface area contributed by atoms with E-state index in [4.69, 9.17) is 9.47 Å². The highest BCUT2D eigenvalue weighted by atomic mass is 16.5. The van der Waals surface area contributed by atoms with Gasteiger partial charge in [0.2, 0.25) is 0 Å². The Hall–Kier alpha value is -5.22. The monoisotopic (exact) mass is 633 g/mol. The normalized spacial score (nSPS) is 16.1. The number of pyridine rings is 1. The highest BCUT2D eigenvalue weighted by Gasteiger charge is 2.43. The maximum absolute atomic E-state index is 14.4. The minimum Gasteiger partial charge on any atom is -0.493 e. The SMILES string of the molecule is COc1ccc([C@@H](CCNC(=O)c2ccncc2)N2C(=O)c3cccc(N4CCN([C@H](C)c5ccccc5)CC4)c3C2=O)cc1OC. The average molecular weight is 634 g/mol. The first kappa shape index (κ1) is 31.7. The van der Waals surface area contributed by atoms with Crippen molar-refractivity contribution in [3.63, 3.8) is 0 Å². The summed E-state index contributed by atoms with van der Waals surface area (Å²) in [5.74, 6) is 0.0512. The third-order valence-corrected chi connectivity index (χ3v) is 9.16. The molecule has 10 nitrogen and oxygen atoms in total. The Morgan fingerprint density at radius 1 is 0.830 bits per heavy atom. The van der Waals surface area contributed by atoms with Crippen LogP contribution in [0.2, 0.25) is 0 Å². The molecule has 1 N–H and O–H groups in total. The number of benzene rings is 3. The Morgan fingerprint density at radius 2 is 1.55 bits per heavy atom. The number of amides is 3. The van der Waals surface area contributed by atoms with E-state index in [0.29, 0.717) is 40.2 Å². The number of nitrogens with zero attached hydrogens (tertiary/aromatic N) is 4. The molecule has 3 aromatic carbocycles. The molecule has 0 radical (unpaired) electrons. The molecule has 6 rings (SSSR count). The number of carbonyl (C=O) groups is 3. The number of ether oxygens (including phenoxy) is 2. The summed E-state index contributed by atoms with van der Waals surface area (Å²) in [5.41, 5.74) is 4.03. The third kappa shape index (κ3) is 6.41. The molecule has 0 saturated carbocycles. The van der Waals surface area contributed by atoms with Crippen LogP contribution >= 0.6 is 0 Å². The van der Waals surface area contributed by atoms with Crippen molar-refractivity contribution in [2.45, 2.75) is 25.4 Å². The zero-order valence-corrected chi connectivity index (χ0v) is 26.9. The molecule has 2 aliphatic heterocycles. The topological polar surface area (TPSA) is 104 Å². The average Bonchev–Trinajstić information content (AvgIpc) is 3.39. The second-order valence-electron chi connectivity index (χ2n) is 11.7. The van der Waals surface area contributed by atoms with E-state index in [1.165, 1.54) is 10.5 Å². The van der Waals surface area contributed by atoms with Gasteiger partial charge in [-0.15, -0.1) is 0 Å². The summed E-state index contributed by atoms with van der Waals surface area (Å²) in [4.78, 5) is 51.2. The summed E-state index contributed by atoms with van der Waals surface area (Å²) >= 11 is 0. The highest BCUT2D eigenvalue weighted by molar-refractivity contribution is 6.24. The lowest BCUT2D eigenvalue weighted by Gasteiger charge is -2.39. The Morgan fingerprint density at radius 3 is 2.26 bits per heavy atom. The third-order valence-electron chi connectivity index (χ3n) is 9.16. The molecule has 1 fully saturated rings. The molecule has 0 aliphatic carbocycles. The number of rotatable bonds is 11. The lowest BCUT2D eigenvalue weighted by molar-refractivity contribution is 0.0574. The number of fused-ring (bicyclic) bond motifs is 1. The standard InChI is InChI=1S/C37H39N5O5/c1-25(26-8-5-4-6-9-26)40-20-22-41(23-21-40)31-11-7-10-29-34(31)37(45)42(36(29)44)30(28-12-13-32(46-2)33(24-28)47-3)16-19-39-35(43)27-14-17-38-18-15-27/h4-15,17-18,24-25,30H,16,19-23H2,1-3H3,(H,39,43)/t25-,30-/m1/s1. The van der Waals surface area contributed by atoms with Crippen LogP contribution in [-0.4, -0.2) is 79.4 Å². The van der Waals surface area contributed by atoms with Gasteiger partial charge in [0.1, 0.15) is 0 Å². The number of hydrogen-bond donors (Lipinski definition) is 1. The first-order chi connectivity index (χ1) is 22.9. The summed E-state index contributed by atoms with van der Waals surface area (Å²) < 4.78 is 11.0. The number of imide groups is 1. The van der Waals surface area contributed by atoms with E-state index in [-0.39, 0.29) is 30.3 Å². The summed E-state index contributed by atoms with van der Waals surface area (Å²) in [7, 11) is 3.09. The molecule has 1 saturated heterocycles. The first-order valence-electron chi connectivity index (χ1n) is 15.9. The number of hydrogen-bond acceptors (Lipinski definition) is 8. The largest absolute Gasteiger partial charge is 0.493 e.